The lowest BCUT2D eigenvalue weighted by Gasteiger charge is -2.10. The lowest BCUT2D eigenvalue weighted by Crippen LogP contribution is -1.93. The molecule has 0 atom stereocenters. The molecular formula is C12H18O2. The monoisotopic (exact) mass is 194 g/mol. The van der Waals surface area contributed by atoms with Gasteiger partial charge >= 0.3 is 0 Å². The standard InChI is InChI=1S/C11H16.CH2O2/c1-7-6-8(2)10(4)11(5)9(7)3;2-1-3/h6H,1-5H3;1H,(H,2,3). The van der Waals surface area contributed by atoms with Crippen molar-refractivity contribution in [2.75, 3.05) is 0 Å². The summed E-state index contributed by atoms with van der Waals surface area (Å²) < 4.78 is 0. The van der Waals surface area contributed by atoms with E-state index in [1.807, 2.05) is 0 Å². The van der Waals surface area contributed by atoms with Gasteiger partial charge in [-0.15, -0.1) is 0 Å². The van der Waals surface area contributed by atoms with Crippen LogP contribution >= 0.6 is 0 Å². The summed E-state index contributed by atoms with van der Waals surface area (Å²) in [6.07, 6.45) is 0. The lowest BCUT2D eigenvalue weighted by molar-refractivity contribution is -0.122. The number of carbonyl (C=O) groups is 1. The highest BCUT2D eigenvalue weighted by Gasteiger charge is 2.02. The van der Waals surface area contributed by atoms with Gasteiger partial charge in [-0.1, -0.05) is 6.07 Å². The summed E-state index contributed by atoms with van der Waals surface area (Å²) in [5.74, 6) is 0. The third kappa shape index (κ3) is 2.87. The quantitative estimate of drug-likeness (QED) is 0.645. The molecule has 0 heterocycles. The van der Waals surface area contributed by atoms with E-state index in [9.17, 15) is 0 Å². The minimum atomic E-state index is -0.250. The van der Waals surface area contributed by atoms with Gasteiger partial charge in [-0.05, 0) is 62.4 Å². The lowest BCUT2D eigenvalue weighted by atomic mass is 9.96. The molecular weight excluding hydrogens is 176 g/mol. The number of aryl methyl sites for hydroxylation is 2. The van der Waals surface area contributed by atoms with E-state index in [-0.39, 0.29) is 6.47 Å². The van der Waals surface area contributed by atoms with Crippen molar-refractivity contribution in [1.29, 1.82) is 0 Å². The molecule has 2 nitrogen and oxygen atoms in total. The Labute approximate surface area is 85.6 Å². The first-order chi connectivity index (χ1) is 6.45. The van der Waals surface area contributed by atoms with Crippen molar-refractivity contribution in [3.63, 3.8) is 0 Å². The van der Waals surface area contributed by atoms with Crippen LogP contribution < -0.4 is 0 Å². The Balaban J connectivity index is 0.000000500. The zero-order chi connectivity index (χ0) is 11.3. The van der Waals surface area contributed by atoms with E-state index >= 15 is 0 Å². The summed E-state index contributed by atoms with van der Waals surface area (Å²) in [6.45, 7) is 10.7. The van der Waals surface area contributed by atoms with Crippen LogP contribution in [-0.2, 0) is 4.79 Å². The van der Waals surface area contributed by atoms with Crippen molar-refractivity contribution in [1.82, 2.24) is 0 Å². The number of carboxylic acid groups (broad SMARTS) is 1. The maximum atomic E-state index is 8.36. The van der Waals surface area contributed by atoms with Crippen molar-refractivity contribution >= 4 is 6.47 Å². The first-order valence-corrected chi connectivity index (χ1v) is 4.57. The molecule has 2 heteroatoms. The maximum absolute atomic E-state index is 8.36. The Hall–Kier alpha value is -1.31. The third-order valence-electron chi connectivity index (χ3n) is 2.74. The van der Waals surface area contributed by atoms with Gasteiger partial charge in [-0.2, -0.15) is 0 Å². The molecule has 0 aliphatic carbocycles. The highest BCUT2D eigenvalue weighted by atomic mass is 16.3. The molecule has 0 aromatic heterocycles. The normalized spacial score (nSPS) is 8.93. The summed E-state index contributed by atoms with van der Waals surface area (Å²) in [4.78, 5) is 8.36. The molecule has 0 unspecified atom stereocenters. The van der Waals surface area contributed by atoms with Crippen LogP contribution in [0.25, 0.3) is 0 Å². The molecule has 0 saturated heterocycles. The maximum Gasteiger partial charge on any atom is 0.290 e. The fourth-order valence-electron chi connectivity index (χ4n) is 1.41. The zero-order valence-corrected chi connectivity index (χ0v) is 9.51. The Kier molecular flexibility index (Phi) is 4.92. The average Bonchev–Trinajstić information content (AvgIpc) is 2.13. The average molecular weight is 194 g/mol. The minimum absolute atomic E-state index is 0.250. The summed E-state index contributed by atoms with van der Waals surface area (Å²) in [7, 11) is 0. The van der Waals surface area contributed by atoms with Crippen molar-refractivity contribution in [2.24, 2.45) is 0 Å². The van der Waals surface area contributed by atoms with Crippen LogP contribution in [0.2, 0.25) is 0 Å². The van der Waals surface area contributed by atoms with Gasteiger partial charge < -0.3 is 5.11 Å². The molecule has 0 spiro atoms. The van der Waals surface area contributed by atoms with Crippen LogP contribution in [0.4, 0.5) is 0 Å². The van der Waals surface area contributed by atoms with Crippen molar-refractivity contribution in [3.05, 3.63) is 33.9 Å². The van der Waals surface area contributed by atoms with Gasteiger partial charge in [0.15, 0.2) is 0 Å². The predicted octanol–water partition coefficient (Wildman–Crippen LogP) is 2.93. The van der Waals surface area contributed by atoms with Gasteiger partial charge in [0, 0.05) is 0 Å². The highest BCUT2D eigenvalue weighted by molar-refractivity contribution is 5.42. The Morgan fingerprint density at radius 1 is 0.929 bits per heavy atom. The fourth-order valence-corrected chi connectivity index (χ4v) is 1.41. The van der Waals surface area contributed by atoms with Gasteiger partial charge in [0.1, 0.15) is 0 Å². The molecule has 1 aromatic rings. The molecule has 0 aliphatic rings. The Morgan fingerprint density at radius 3 is 1.50 bits per heavy atom. The molecule has 78 valence electrons. The third-order valence-corrected chi connectivity index (χ3v) is 2.74. The van der Waals surface area contributed by atoms with Crippen LogP contribution in [0.15, 0.2) is 6.07 Å². The molecule has 0 amide bonds. The zero-order valence-electron chi connectivity index (χ0n) is 9.51. The van der Waals surface area contributed by atoms with E-state index in [1.165, 1.54) is 27.8 Å². The summed E-state index contributed by atoms with van der Waals surface area (Å²) in [5, 5.41) is 6.89. The van der Waals surface area contributed by atoms with Crippen molar-refractivity contribution in [2.45, 2.75) is 34.6 Å². The van der Waals surface area contributed by atoms with Gasteiger partial charge in [-0.25, -0.2) is 0 Å². The Bertz CT molecular complexity index is 301. The summed E-state index contributed by atoms with van der Waals surface area (Å²) in [5.41, 5.74) is 7.14. The number of hydrogen-bond acceptors (Lipinski definition) is 1. The second kappa shape index (κ2) is 5.43. The molecule has 1 aromatic carbocycles. The smallest absolute Gasteiger partial charge is 0.290 e. The minimum Gasteiger partial charge on any atom is -0.483 e. The summed E-state index contributed by atoms with van der Waals surface area (Å²) in [6, 6.07) is 2.26. The first kappa shape index (κ1) is 12.7. The summed E-state index contributed by atoms with van der Waals surface area (Å²) >= 11 is 0. The number of rotatable bonds is 0. The largest absolute Gasteiger partial charge is 0.483 e. The van der Waals surface area contributed by atoms with Gasteiger partial charge in [0.25, 0.3) is 6.47 Å². The second-order valence-corrected chi connectivity index (χ2v) is 3.49. The van der Waals surface area contributed by atoms with Crippen LogP contribution in [0.5, 0.6) is 0 Å². The van der Waals surface area contributed by atoms with E-state index in [0.29, 0.717) is 0 Å². The number of hydrogen-bond donors (Lipinski definition) is 1. The van der Waals surface area contributed by atoms with Crippen LogP contribution in [0, 0.1) is 34.6 Å². The van der Waals surface area contributed by atoms with E-state index in [4.69, 9.17) is 9.90 Å². The molecule has 1 N–H and O–H groups in total. The van der Waals surface area contributed by atoms with E-state index in [0.717, 1.165) is 0 Å². The molecule has 14 heavy (non-hydrogen) atoms. The predicted molar refractivity (Wildman–Crippen MR) is 58.8 cm³/mol. The number of benzene rings is 1. The van der Waals surface area contributed by atoms with Gasteiger partial charge in [-0.3, -0.25) is 4.79 Å². The van der Waals surface area contributed by atoms with Crippen LogP contribution in [-0.4, -0.2) is 11.6 Å². The second-order valence-electron chi connectivity index (χ2n) is 3.49. The Morgan fingerprint density at radius 2 is 1.21 bits per heavy atom. The van der Waals surface area contributed by atoms with Crippen molar-refractivity contribution < 1.29 is 9.90 Å². The SMILES string of the molecule is Cc1cc(C)c(C)c(C)c1C.O=CO. The molecule has 0 saturated carbocycles. The highest BCUT2D eigenvalue weighted by Crippen LogP contribution is 2.19. The molecule has 0 radical (unpaired) electrons. The topological polar surface area (TPSA) is 37.3 Å². The van der Waals surface area contributed by atoms with E-state index in [2.05, 4.69) is 40.7 Å². The van der Waals surface area contributed by atoms with Gasteiger partial charge in [0.2, 0.25) is 0 Å². The first-order valence-electron chi connectivity index (χ1n) is 4.57. The van der Waals surface area contributed by atoms with E-state index in [1.54, 1.807) is 0 Å². The molecule has 1 rings (SSSR count). The van der Waals surface area contributed by atoms with Crippen LogP contribution in [0.3, 0.4) is 0 Å². The van der Waals surface area contributed by atoms with Crippen LogP contribution in [0.1, 0.15) is 27.8 Å². The van der Waals surface area contributed by atoms with Crippen molar-refractivity contribution in [3.8, 4) is 0 Å². The van der Waals surface area contributed by atoms with Gasteiger partial charge in [0.05, 0.1) is 0 Å². The molecule has 0 aliphatic heterocycles. The fraction of sp³-hybridized carbons (Fsp3) is 0.417. The van der Waals surface area contributed by atoms with E-state index < -0.39 is 0 Å². The molecule has 0 bridgehead atoms. The molecule has 0 fully saturated rings.